The van der Waals surface area contributed by atoms with Crippen molar-refractivity contribution in [2.45, 2.75) is 18.9 Å². The smallest absolute Gasteiger partial charge is 0.274 e. The Hall–Kier alpha value is -1.89. The summed E-state index contributed by atoms with van der Waals surface area (Å²) in [6.07, 6.45) is 3.63. The van der Waals surface area contributed by atoms with E-state index in [1.54, 1.807) is 24.3 Å². The van der Waals surface area contributed by atoms with Gasteiger partial charge in [0.1, 0.15) is 17.8 Å². The van der Waals surface area contributed by atoms with E-state index in [4.69, 9.17) is 27.9 Å². The Kier molecular flexibility index (Phi) is 5.50. The highest BCUT2D eigenvalue weighted by Gasteiger charge is 2.16. The molecule has 0 saturated carbocycles. The Labute approximate surface area is 149 Å². The van der Waals surface area contributed by atoms with Gasteiger partial charge in [0.2, 0.25) is 0 Å². The zero-order chi connectivity index (χ0) is 16.9. The number of aromatic nitrogens is 2. The van der Waals surface area contributed by atoms with E-state index in [1.807, 2.05) is 0 Å². The van der Waals surface area contributed by atoms with Gasteiger partial charge in [0.25, 0.3) is 5.91 Å². The molecule has 0 radical (unpaired) electrons. The number of nitrogens with zero attached hydrogens (tertiary/aromatic N) is 2. The van der Waals surface area contributed by atoms with Gasteiger partial charge in [-0.3, -0.25) is 4.79 Å². The summed E-state index contributed by atoms with van der Waals surface area (Å²) < 4.78 is 5.54. The van der Waals surface area contributed by atoms with Crippen LogP contribution in [0.5, 0.6) is 0 Å². The standard InChI is InChI=1S/C16H16Cl2N4O2/c17-10-3-4-13(12(18)6-10)22-16(23)14-7-15(21-9-20-14)19-8-11-2-1-5-24-11/h3-4,6-7,9,11H,1-2,5,8H2,(H,22,23)(H,19,20,21). The number of anilines is 2. The number of hydrogen-bond donors (Lipinski definition) is 2. The van der Waals surface area contributed by atoms with E-state index in [2.05, 4.69) is 20.6 Å². The Bertz CT molecular complexity index is 736. The maximum absolute atomic E-state index is 12.3. The lowest BCUT2D eigenvalue weighted by Gasteiger charge is -2.12. The van der Waals surface area contributed by atoms with Crippen molar-refractivity contribution in [2.24, 2.45) is 0 Å². The van der Waals surface area contributed by atoms with Gasteiger partial charge in [0, 0.05) is 24.2 Å². The van der Waals surface area contributed by atoms with Crippen molar-refractivity contribution in [3.63, 3.8) is 0 Å². The molecule has 1 fully saturated rings. The maximum Gasteiger partial charge on any atom is 0.274 e. The molecule has 0 aliphatic carbocycles. The van der Waals surface area contributed by atoms with E-state index in [1.165, 1.54) is 6.33 Å². The lowest BCUT2D eigenvalue weighted by Crippen LogP contribution is -2.20. The van der Waals surface area contributed by atoms with Crippen LogP contribution in [0.3, 0.4) is 0 Å². The molecule has 0 bridgehead atoms. The van der Waals surface area contributed by atoms with E-state index < -0.39 is 0 Å². The second-order valence-electron chi connectivity index (χ2n) is 5.38. The van der Waals surface area contributed by atoms with Crippen LogP contribution in [-0.2, 0) is 4.74 Å². The van der Waals surface area contributed by atoms with Crippen molar-refractivity contribution >= 4 is 40.6 Å². The molecule has 1 saturated heterocycles. The van der Waals surface area contributed by atoms with Gasteiger partial charge in [0.05, 0.1) is 16.8 Å². The lowest BCUT2D eigenvalue weighted by molar-refractivity contribution is 0.102. The van der Waals surface area contributed by atoms with Crippen LogP contribution >= 0.6 is 23.2 Å². The van der Waals surface area contributed by atoms with Crippen molar-refractivity contribution in [1.29, 1.82) is 0 Å². The zero-order valence-corrected chi connectivity index (χ0v) is 14.3. The van der Waals surface area contributed by atoms with Crippen LogP contribution < -0.4 is 10.6 Å². The second-order valence-corrected chi connectivity index (χ2v) is 6.23. The predicted octanol–water partition coefficient (Wildman–Crippen LogP) is 3.63. The number of amides is 1. The van der Waals surface area contributed by atoms with Crippen molar-refractivity contribution in [1.82, 2.24) is 9.97 Å². The number of hydrogen-bond acceptors (Lipinski definition) is 5. The fraction of sp³-hybridized carbons (Fsp3) is 0.312. The molecule has 8 heteroatoms. The average molecular weight is 367 g/mol. The molecule has 2 N–H and O–H groups in total. The minimum absolute atomic E-state index is 0.185. The minimum Gasteiger partial charge on any atom is -0.376 e. The van der Waals surface area contributed by atoms with E-state index in [9.17, 15) is 4.79 Å². The summed E-state index contributed by atoms with van der Waals surface area (Å²) >= 11 is 11.9. The largest absolute Gasteiger partial charge is 0.376 e. The third kappa shape index (κ3) is 4.35. The van der Waals surface area contributed by atoms with Crippen molar-refractivity contribution < 1.29 is 9.53 Å². The first kappa shape index (κ1) is 17.0. The van der Waals surface area contributed by atoms with Gasteiger partial charge >= 0.3 is 0 Å². The molecule has 24 heavy (non-hydrogen) atoms. The average Bonchev–Trinajstić information content (AvgIpc) is 3.09. The summed E-state index contributed by atoms with van der Waals surface area (Å²) in [5.41, 5.74) is 0.712. The van der Waals surface area contributed by atoms with Crippen LogP contribution in [0.1, 0.15) is 23.3 Å². The molecule has 6 nitrogen and oxygen atoms in total. The third-order valence-electron chi connectivity index (χ3n) is 3.61. The minimum atomic E-state index is -0.373. The van der Waals surface area contributed by atoms with Crippen molar-refractivity contribution in [3.8, 4) is 0 Å². The van der Waals surface area contributed by atoms with Crippen LogP contribution in [0.15, 0.2) is 30.6 Å². The van der Waals surface area contributed by atoms with Crippen LogP contribution in [-0.4, -0.2) is 35.1 Å². The molecule has 3 rings (SSSR count). The molecule has 1 amide bonds. The molecule has 1 aromatic carbocycles. The third-order valence-corrected chi connectivity index (χ3v) is 4.16. The summed E-state index contributed by atoms with van der Waals surface area (Å²) in [5.74, 6) is 0.203. The van der Waals surface area contributed by atoms with Gasteiger partial charge in [-0.05, 0) is 31.0 Å². The highest BCUT2D eigenvalue weighted by molar-refractivity contribution is 6.36. The Morgan fingerprint density at radius 1 is 1.29 bits per heavy atom. The number of nitrogens with one attached hydrogen (secondary N) is 2. The molecular formula is C16H16Cl2N4O2. The topological polar surface area (TPSA) is 76.1 Å². The summed E-state index contributed by atoms with van der Waals surface area (Å²) in [4.78, 5) is 20.4. The molecule has 1 aliphatic rings. The molecule has 2 aromatic rings. The van der Waals surface area contributed by atoms with Crippen molar-refractivity contribution in [2.75, 3.05) is 23.8 Å². The quantitative estimate of drug-likeness (QED) is 0.844. The van der Waals surface area contributed by atoms with E-state index in [-0.39, 0.29) is 17.7 Å². The molecule has 1 unspecified atom stereocenters. The molecule has 1 aliphatic heterocycles. The first-order valence-corrected chi connectivity index (χ1v) is 8.31. The number of rotatable bonds is 5. The van der Waals surface area contributed by atoms with Gasteiger partial charge in [-0.15, -0.1) is 0 Å². The molecule has 2 heterocycles. The van der Waals surface area contributed by atoms with E-state index >= 15 is 0 Å². The second kappa shape index (κ2) is 7.79. The number of halogens is 2. The van der Waals surface area contributed by atoms with Crippen LogP contribution in [0, 0.1) is 0 Å². The van der Waals surface area contributed by atoms with Gasteiger partial charge in [0.15, 0.2) is 0 Å². The van der Waals surface area contributed by atoms with E-state index in [0.717, 1.165) is 19.4 Å². The number of benzene rings is 1. The van der Waals surface area contributed by atoms with Crippen molar-refractivity contribution in [3.05, 3.63) is 46.3 Å². The lowest BCUT2D eigenvalue weighted by atomic mass is 10.2. The molecule has 1 atom stereocenters. The number of carbonyl (C=O) groups excluding carboxylic acids is 1. The summed E-state index contributed by atoms with van der Waals surface area (Å²) in [5, 5.41) is 6.73. The SMILES string of the molecule is O=C(Nc1ccc(Cl)cc1Cl)c1cc(NCC2CCCO2)ncn1. The van der Waals surface area contributed by atoms with Crippen LogP contribution in [0.2, 0.25) is 10.0 Å². The Morgan fingerprint density at radius 2 is 2.17 bits per heavy atom. The fourth-order valence-corrected chi connectivity index (χ4v) is 2.83. The molecule has 0 spiro atoms. The predicted molar refractivity (Wildman–Crippen MR) is 93.9 cm³/mol. The zero-order valence-electron chi connectivity index (χ0n) is 12.8. The highest BCUT2D eigenvalue weighted by Crippen LogP contribution is 2.25. The number of carbonyl (C=O) groups is 1. The summed E-state index contributed by atoms with van der Waals surface area (Å²) in [6.45, 7) is 1.45. The normalized spacial score (nSPS) is 16.8. The van der Waals surface area contributed by atoms with Gasteiger partial charge < -0.3 is 15.4 Å². The first-order valence-electron chi connectivity index (χ1n) is 7.56. The fourth-order valence-electron chi connectivity index (χ4n) is 2.38. The number of ether oxygens (including phenoxy) is 1. The Morgan fingerprint density at radius 3 is 2.92 bits per heavy atom. The van der Waals surface area contributed by atoms with Crippen LogP contribution in [0.4, 0.5) is 11.5 Å². The molecule has 126 valence electrons. The van der Waals surface area contributed by atoms with Crippen LogP contribution in [0.25, 0.3) is 0 Å². The molecular weight excluding hydrogens is 351 g/mol. The van der Waals surface area contributed by atoms with Gasteiger partial charge in [-0.1, -0.05) is 23.2 Å². The van der Waals surface area contributed by atoms with Gasteiger partial charge in [-0.25, -0.2) is 9.97 Å². The van der Waals surface area contributed by atoms with E-state index in [0.29, 0.717) is 28.1 Å². The monoisotopic (exact) mass is 366 g/mol. The Balaban J connectivity index is 1.65. The van der Waals surface area contributed by atoms with Gasteiger partial charge in [-0.2, -0.15) is 0 Å². The first-order chi connectivity index (χ1) is 11.6. The molecule has 1 aromatic heterocycles. The maximum atomic E-state index is 12.3. The summed E-state index contributed by atoms with van der Waals surface area (Å²) in [7, 11) is 0. The highest BCUT2D eigenvalue weighted by atomic mass is 35.5. The summed E-state index contributed by atoms with van der Waals surface area (Å²) in [6, 6.07) is 6.44.